The van der Waals surface area contributed by atoms with E-state index in [-0.39, 0.29) is 26.4 Å². The Labute approximate surface area is 203 Å². The lowest BCUT2D eigenvalue weighted by Gasteiger charge is -2.24. The van der Waals surface area contributed by atoms with E-state index < -0.39 is 35.7 Å². The van der Waals surface area contributed by atoms with Gasteiger partial charge >= 0.3 is 0 Å². The highest BCUT2D eigenvalue weighted by atomic mass is 32.2. The lowest BCUT2D eigenvalue weighted by molar-refractivity contribution is 0.0884. The number of hydrogen-bond acceptors (Lipinski definition) is 11. The summed E-state index contributed by atoms with van der Waals surface area (Å²) in [5.41, 5.74) is 0.590. The second-order valence-corrected chi connectivity index (χ2v) is 9.77. The molecule has 2 rings (SSSR count). The van der Waals surface area contributed by atoms with Crippen molar-refractivity contribution in [3.8, 4) is 0 Å². The summed E-state index contributed by atoms with van der Waals surface area (Å²) in [6.07, 6.45) is 0. The van der Waals surface area contributed by atoms with E-state index in [0.29, 0.717) is 32.0 Å². The SMILES string of the molecule is O=S(=O)(O)c1ccc(S(=O)(=O)O)c(N=Nc2ccc(N(CCOCCO)CCOCCO)cc2)c1. The molecule has 0 saturated carbocycles. The van der Waals surface area contributed by atoms with Crippen molar-refractivity contribution < 1.29 is 45.6 Å². The standard InChI is InChI=1S/C20H27N3O10S2/c24-9-13-32-11-7-23(8-12-33-14-10-25)17-3-1-16(2-4-17)21-22-19-15-18(34(26,27)28)5-6-20(19)35(29,30)31/h1-6,15,24-25H,7-14H2,(H,26,27,28)(H,29,30,31). The molecule has 0 aromatic heterocycles. The van der Waals surface area contributed by atoms with Crippen LogP contribution in [0.3, 0.4) is 0 Å². The van der Waals surface area contributed by atoms with Crippen LogP contribution in [-0.2, 0) is 29.7 Å². The largest absolute Gasteiger partial charge is 0.394 e. The Morgan fingerprint density at radius 2 is 1.31 bits per heavy atom. The van der Waals surface area contributed by atoms with Crippen LogP contribution in [0.4, 0.5) is 17.1 Å². The van der Waals surface area contributed by atoms with Crippen molar-refractivity contribution >= 4 is 37.3 Å². The number of aliphatic hydroxyl groups is 2. The Hall–Kier alpha value is -2.50. The van der Waals surface area contributed by atoms with Crippen LogP contribution in [0.15, 0.2) is 62.5 Å². The Balaban J connectivity index is 2.23. The van der Waals surface area contributed by atoms with Gasteiger partial charge in [0.05, 0.1) is 50.2 Å². The normalized spacial score (nSPS) is 12.3. The van der Waals surface area contributed by atoms with Crippen LogP contribution in [0.1, 0.15) is 0 Å². The first-order chi connectivity index (χ1) is 16.6. The summed E-state index contributed by atoms with van der Waals surface area (Å²) in [6, 6.07) is 8.97. The molecule has 35 heavy (non-hydrogen) atoms. The lowest BCUT2D eigenvalue weighted by atomic mass is 10.2. The number of anilines is 1. The van der Waals surface area contributed by atoms with Crippen molar-refractivity contribution in [1.82, 2.24) is 0 Å². The maximum atomic E-state index is 11.6. The Morgan fingerprint density at radius 3 is 1.80 bits per heavy atom. The number of rotatable bonds is 15. The molecule has 13 nitrogen and oxygen atoms in total. The average molecular weight is 534 g/mol. The monoisotopic (exact) mass is 533 g/mol. The van der Waals surface area contributed by atoms with Crippen LogP contribution in [0, 0.1) is 0 Å². The third-order valence-electron chi connectivity index (χ3n) is 4.48. The van der Waals surface area contributed by atoms with Crippen LogP contribution >= 0.6 is 0 Å². The average Bonchev–Trinajstić information content (AvgIpc) is 2.81. The first-order valence-electron chi connectivity index (χ1n) is 10.3. The molecule has 2 aromatic carbocycles. The van der Waals surface area contributed by atoms with Gasteiger partial charge in [-0.2, -0.15) is 21.9 Å². The molecule has 0 aliphatic rings. The zero-order valence-corrected chi connectivity index (χ0v) is 20.2. The van der Waals surface area contributed by atoms with Crippen molar-refractivity contribution in [2.24, 2.45) is 10.2 Å². The van der Waals surface area contributed by atoms with Crippen LogP contribution in [0.2, 0.25) is 0 Å². The van der Waals surface area contributed by atoms with E-state index in [1.807, 2.05) is 4.90 Å². The molecule has 0 heterocycles. The highest BCUT2D eigenvalue weighted by Gasteiger charge is 2.20. The number of aliphatic hydroxyl groups excluding tert-OH is 2. The zero-order valence-electron chi connectivity index (χ0n) is 18.6. The zero-order chi connectivity index (χ0) is 25.9. The van der Waals surface area contributed by atoms with Gasteiger partial charge < -0.3 is 24.6 Å². The summed E-state index contributed by atoms with van der Waals surface area (Å²) in [5.74, 6) is 0. The molecular formula is C20H27N3O10S2. The molecule has 0 fully saturated rings. The molecule has 0 saturated heterocycles. The van der Waals surface area contributed by atoms with Gasteiger partial charge in [-0.3, -0.25) is 9.11 Å². The van der Waals surface area contributed by atoms with Gasteiger partial charge in [-0.15, -0.1) is 5.11 Å². The third kappa shape index (κ3) is 9.58. The second kappa shape index (κ2) is 13.6. The quantitative estimate of drug-likeness (QED) is 0.147. The molecule has 0 amide bonds. The van der Waals surface area contributed by atoms with E-state index >= 15 is 0 Å². The van der Waals surface area contributed by atoms with Gasteiger partial charge in [-0.05, 0) is 42.5 Å². The van der Waals surface area contributed by atoms with Gasteiger partial charge in [0, 0.05) is 18.8 Å². The molecule has 0 bridgehead atoms. The van der Waals surface area contributed by atoms with Crippen LogP contribution in [-0.4, -0.2) is 88.9 Å². The van der Waals surface area contributed by atoms with E-state index in [4.69, 9.17) is 19.7 Å². The molecule has 0 radical (unpaired) electrons. The van der Waals surface area contributed by atoms with E-state index in [1.165, 1.54) is 0 Å². The fourth-order valence-corrected chi connectivity index (χ4v) is 3.95. The topological polar surface area (TPSA) is 196 Å². The van der Waals surface area contributed by atoms with Crippen molar-refractivity contribution in [1.29, 1.82) is 0 Å². The molecule has 0 aliphatic carbocycles. The molecule has 194 valence electrons. The van der Waals surface area contributed by atoms with Crippen LogP contribution < -0.4 is 4.90 Å². The van der Waals surface area contributed by atoms with Crippen molar-refractivity contribution in [2.75, 3.05) is 57.6 Å². The summed E-state index contributed by atoms with van der Waals surface area (Å²) in [4.78, 5) is 0.653. The highest BCUT2D eigenvalue weighted by molar-refractivity contribution is 7.86. The molecule has 2 aromatic rings. The molecule has 0 atom stereocenters. The Bertz CT molecular complexity index is 1170. The molecule has 15 heteroatoms. The minimum absolute atomic E-state index is 0.0915. The predicted molar refractivity (Wildman–Crippen MR) is 125 cm³/mol. The molecule has 0 unspecified atom stereocenters. The van der Waals surface area contributed by atoms with Gasteiger partial charge in [0.25, 0.3) is 20.2 Å². The maximum Gasteiger partial charge on any atom is 0.296 e. The molecule has 0 spiro atoms. The summed E-state index contributed by atoms with van der Waals surface area (Å²) < 4.78 is 75.1. The summed E-state index contributed by atoms with van der Waals surface area (Å²) >= 11 is 0. The minimum atomic E-state index is -4.74. The number of azo groups is 1. The number of hydrogen-bond donors (Lipinski definition) is 4. The molecular weight excluding hydrogens is 506 g/mol. The number of benzene rings is 2. The van der Waals surface area contributed by atoms with E-state index in [0.717, 1.165) is 23.9 Å². The van der Waals surface area contributed by atoms with E-state index in [2.05, 4.69) is 10.2 Å². The number of nitrogens with zero attached hydrogens (tertiary/aromatic N) is 3. The summed E-state index contributed by atoms with van der Waals surface area (Å²) in [5, 5.41) is 25.3. The maximum absolute atomic E-state index is 11.6. The van der Waals surface area contributed by atoms with Gasteiger partial charge in [0.1, 0.15) is 10.6 Å². The van der Waals surface area contributed by atoms with Gasteiger partial charge in [-0.25, -0.2) is 0 Å². The molecule has 4 N–H and O–H groups in total. The lowest BCUT2D eigenvalue weighted by Crippen LogP contribution is -2.31. The van der Waals surface area contributed by atoms with Gasteiger partial charge in [0.2, 0.25) is 0 Å². The fourth-order valence-electron chi connectivity index (χ4n) is 2.85. The molecule has 0 aliphatic heterocycles. The van der Waals surface area contributed by atoms with Gasteiger partial charge in [-0.1, -0.05) is 0 Å². The first kappa shape index (κ1) is 28.7. The van der Waals surface area contributed by atoms with Crippen LogP contribution in [0.25, 0.3) is 0 Å². The van der Waals surface area contributed by atoms with Crippen LogP contribution in [0.5, 0.6) is 0 Å². The smallest absolute Gasteiger partial charge is 0.296 e. The third-order valence-corrected chi connectivity index (χ3v) is 6.23. The van der Waals surface area contributed by atoms with E-state index in [9.17, 15) is 25.9 Å². The van der Waals surface area contributed by atoms with E-state index in [1.54, 1.807) is 24.3 Å². The fraction of sp³-hybridized carbons (Fsp3) is 0.400. The summed E-state index contributed by atoms with van der Waals surface area (Å²) in [6.45, 7) is 1.91. The van der Waals surface area contributed by atoms with Gasteiger partial charge in [0.15, 0.2) is 0 Å². The first-order valence-corrected chi connectivity index (χ1v) is 13.2. The highest BCUT2D eigenvalue weighted by Crippen LogP contribution is 2.29. The Morgan fingerprint density at radius 1 is 0.743 bits per heavy atom. The van der Waals surface area contributed by atoms with Crippen molar-refractivity contribution in [2.45, 2.75) is 9.79 Å². The predicted octanol–water partition coefficient (Wildman–Crippen LogP) is 1.42. The number of ether oxygens (including phenoxy) is 2. The minimum Gasteiger partial charge on any atom is -0.394 e. The Kier molecular flexibility index (Phi) is 11.1. The van der Waals surface area contributed by atoms with Crippen molar-refractivity contribution in [3.05, 3.63) is 42.5 Å². The van der Waals surface area contributed by atoms with Crippen molar-refractivity contribution in [3.63, 3.8) is 0 Å². The summed E-state index contributed by atoms with van der Waals surface area (Å²) in [7, 11) is -9.38. The second-order valence-electron chi connectivity index (χ2n) is 6.96.